The third kappa shape index (κ3) is 2.02. The van der Waals surface area contributed by atoms with Gasteiger partial charge in [-0.15, -0.1) is 0 Å². The van der Waals surface area contributed by atoms with E-state index in [1.165, 1.54) is 0 Å². The minimum Gasteiger partial charge on any atom is -0.422 e. The molecule has 0 radical (unpaired) electrons. The Morgan fingerprint density at radius 3 is 2.40 bits per heavy atom. The highest BCUT2D eigenvalue weighted by molar-refractivity contribution is 5.77. The molecule has 1 unspecified atom stereocenters. The van der Waals surface area contributed by atoms with Crippen molar-refractivity contribution in [3.05, 3.63) is 82.2 Å². The van der Waals surface area contributed by atoms with Crippen LogP contribution in [0.5, 0.6) is 0 Å². The number of hydrogen-bond donors (Lipinski definition) is 1. The average Bonchev–Trinajstić information content (AvgIpc) is 2.47. The van der Waals surface area contributed by atoms with Gasteiger partial charge in [-0.05, 0) is 24.6 Å². The van der Waals surface area contributed by atoms with Crippen molar-refractivity contribution in [2.45, 2.75) is 12.5 Å². The van der Waals surface area contributed by atoms with Gasteiger partial charge in [-0.25, -0.2) is 4.79 Å². The van der Waals surface area contributed by atoms with Crippen LogP contribution in [0.25, 0.3) is 11.0 Å². The first-order chi connectivity index (χ1) is 9.59. The molecule has 0 aliphatic rings. The molecule has 1 atom stereocenters. The van der Waals surface area contributed by atoms with Crippen molar-refractivity contribution in [2.24, 2.45) is 0 Å². The van der Waals surface area contributed by atoms with E-state index in [-0.39, 0.29) is 5.56 Å². The quantitative estimate of drug-likeness (QED) is 0.725. The lowest BCUT2D eigenvalue weighted by Crippen LogP contribution is -2.29. The Balaban J connectivity index is 2.24. The van der Waals surface area contributed by atoms with Crippen LogP contribution in [0.15, 0.2) is 69.9 Å². The highest BCUT2D eigenvalue weighted by atomic mass is 16.4. The van der Waals surface area contributed by atoms with Gasteiger partial charge in [-0.3, -0.25) is 0 Å². The third-order valence-corrected chi connectivity index (χ3v) is 3.50. The zero-order valence-corrected chi connectivity index (χ0v) is 11.0. The molecule has 0 saturated heterocycles. The summed E-state index contributed by atoms with van der Waals surface area (Å²) in [5, 5.41) is 11.5. The SMILES string of the molecule is CC(O)(c1ccccc1)c1cc2ccccc2oc1=O. The van der Waals surface area contributed by atoms with Crippen LogP contribution < -0.4 is 5.63 Å². The van der Waals surface area contributed by atoms with Crippen LogP contribution in [0.4, 0.5) is 0 Å². The fraction of sp³-hybridized carbons (Fsp3) is 0.118. The second-order valence-electron chi connectivity index (χ2n) is 4.92. The van der Waals surface area contributed by atoms with Gasteiger partial charge < -0.3 is 9.52 Å². The molecular formula is C17H14O3. The first-order valence-corrected chi connectivity index (χ1v) is 6.40. The smallest absolute Gasteiger partial charge is 0.342 e. The molecule has 0 amide bonds. The lowest BCUT2D eigenvalue weighted by molar-refractivity contribution is 0.0985. The summed E-state index contributed by atoms with van der Waals surface area (Å²) >= 11 is 0. The lowest BCUT2D eigenvalue weighted by Gasteiger charge is -2.23. The van der Waals surface area contributed by atoms with E-state index < -0.39 is 11.2 Å². The molecule has 3 rings (SSSR count). The molecule has 3 aromatic rings. The fourth-order valence-corrected chi connectivity index (χ4v) is 2.32. The van der Waals surface area contributed by atoms with Crippen molar-refractivity contribution < 1.29 is 9.52 Å². The largest absolute Gasteiger partial charge is 0.422 e. The standard InChI is InChI=1S/C17H14O3/c1-17(19,13-8-3-2-4-9-13)14-11-12-7-5-6-10-15(12)20-16(14)18/h2-11,19H,1H3. The monoisotopic (exact) mass is 266 g/mol. The van der Waals surface area contributed by atoms with Gasteiger partial charge >= 0.3 is 5.63 Å². The molecule has 20 heavy (non-hydrogen) atoms. The van der Waals surface area contributed by atoms with E-state index >= 15 is 0 Å². The Morgan fingerprint density at radius 1 is 1.00 bits per heavy atom. The van der Waals surface area contributed by atoms with E-state index in [4.69, 9.17) is 4.42 Å². The zero-order chi connectivity index (χ0) is 14.2. The van der Waals surface area contributed by atoms with Gasteiger partial charge in [0.25, 0.3) is 0 Å². The number of fused-ring (bicyclic) bond motifs is 1. The second-order valence-corrected chi connectivity index (χ2v) is 4.92. The zero-order valence-electron chi connectivity index (χ0n) is 11.0. The van der Waals surface area contributed by atoms with Crippen LogP contribution in [0.1, 0.15) is 18.1 Å². The van der Waals surface area contributed by atoms with E-state index in [1.54, 1.807) is 37.3 Å². The Kier molecular flexibility index (Phi) is 2.92. The first-order valence-electron chi connectivity index (χ1n) is 6.40. The Bertz CT molecular complexity index is 801. The molecule has 0 saturated carbocycles. The minimum absolute atomic E-state index is 0.238. The molecule has 3 heteroatoms. The van der Waals surface area contributed by atoms with Crippen LogP contribution in [0.2, 0.25) is 0 Å². The van der Waals surface area contributed by atoms with Crippen molar-refractivity contribution in [1.82, 2.24) is 0 Å². The van der Waals surface area contributed by atoms with Gasteiger partial charge in [-0.2, -0.15) is 0 Å². The topological polar surface area (TPSA) is 50.4 Å². The number of rotatable bonds is 2. The van der Waals surface area contributed by atoms with Crippen LogP contribution >= 0.6 is 0 Å². The Hall–Kier alpha value is -2.39. The van der Waals surface area contributed by atoms with E-state index in [9.17, 15) is 9.90 Å². The van der Waals surface area contributed by atoms with Crippen LogP contribution in [0, 0.1) is 0 Å². The van der Waals surface area contributed by atoms with E-state index in [0.717, 1.165) is 5.39 Å². The number of hydrogen-bond acceptors (Lipinski definition) is 3. The maximum absolute atomic E-state index is 12.1. The molecule has 1 aromatic heterocycles. The first kappa shape index (κ1) is 12.6. The molecule has 0 fully saturated rings. The highest BCUT2D eigenvalue weighted by Crippen LogP contribution is 2.28. The predicted octanol–water partition coefficient (Wildman–Crippen LogP) is 3.05. The number of benzene rings is 2. The normalized spacial score (nSPS) is 14.1. The van der Waals surface area contributed by atoms with Crippen LogP contribution in [-0.2, 0) is 5.60 Å². The van der Waals surface area contributed by atoms with Gasteiger partial charge in [0, 0.05) is 5.39 Å². The van der Waals surface area contributed by atoms with Gasteiger partial charge in [0.05, 0.1) is 5.56 Å². The molecule has 0 aliphatic heterocycles. The van der Waals surface area contributed by atoms with E-state index in [0.29, 0.717) is 11.1 Å². The summed E-state index contributed by atoms with van der Waals surface area (Å²) in [6, 6.07) is 18.0. The Labute approximate surface area is 116 Å². The summed E-state index contributed by atoms with van der Waals surface area (Å²) in [6.07, 6.45) is 0. The molecule has 3 nitrogen and oxygen atoms in total. The van der Waals surface area contributed by atoms with Gasteiger partial charge in [0.1, 0.15) is 11.2 Å². The molecule has 2 aromatic carbocycles. The maximum atomic E-state index is 12.1. The molecule has 1 N–H and O–H groups in total. The molecular weight excluding hydrogens is 252 g/mol. The molecule has 100 valence electrons. The number of para-hydroxylation sites is 1. The summed E-state index contributed by atoms with van der Waals surface area (Å²) in [5.74, 6) is 0. The van der Waals surface area contributed by atoms with Gasteiger partial charge in [0.15, 0.2) is 0 Å². The van der Waals surface area contributed by atoms with Crippen molar-refractivity contribution in [3.8, 4) is 0 Å². The second kappa shape index (κ2) is 4.62. The molecule has 0 bridgehead atoms. The van der Waals surface area contributed by atoms with E-state index in [1.807, 2.05) is 30.3 Å². The Morgan fingerprint density at radius 2 is 1.65 bits per heavy atom. The van der Waals surface area contributed by atoms with Gasteiger partial charge in [-0.1, -0.05) is 48.5 Å². The molecule has 0 spiro atoms. The van der Waals surface area contributed by atoms with Crippen molar-refractivity contribution >= 4 is 11.0 Å². The average molecular weight is 266 g/mol. The fourth-order valence-electron chi connectivity index (χ4n) is 2.32. The van der Waals surface area contributed by atoms with Crippen LogP contribution in [-0.4, -0.2) is 5.11 Å². The lowest BCUT2D eigenvalue weighted by atomic mass is 9.89. The van der Waals surface area contributed by atoms with Crippen molar-refractivity contribution in [2.75, 3.05) is 0 Å². The molecule has 1 heterocycles. The predicted molar refractivity (Wildman–Crippen MR) is 77.6 cm³/mol. The summed E-state index contributed by atoms with van der Waals surface area (Å²) in [4.78, 5) is 12.1. The van der Waals surface area contributed by atoms with E-state index in [2.05, 4.69) is 0 Å². The van der Waals surface area contributed by atoms with Crippen molar-refractivity contribution in [1.29, 1.82) is 0 Å². The van der Waals surface area contributed by atoms with Crippen LogP contribution in [0.3, 0.4) is 0 Å². The highest BCUT2D eigenvalue weighted by Gasteiger charge is 2.29. The molecule has 0 aliphatic carbocycles. The third-order valence-electron chi connectivity index (χ3n) is 3.50. The summed E-state index contributed by atoms with van der Waals surface area (Å²) in [6.45, 7) is 1.60. The van der Waals surface area contributed by atoms with Gasteiger partial charge in [0.2, 0.25) is 0 Å². The summed E-state index contributed by atoms with van der Waals surface area (Å²) in [7, 11) is 0. The number of aliphatic hydroxyl groups is 1. The summed E-state index contributed by atoms with van der Waals surface area (Å²) in [5.41, 5.74) is -0.487. The minimum atomic E-state index is -1.38. The summed E-state index contributed by atoms with van der Waals surface area (Å²) < 4.78 is 5.29. The maximum Gasteiger partial charge on any atom is 0.342 e. The van der Waals surface area contributed by atoms with Crippen molar-refractivity contribution in [3.63, 3.8) is 0 Å².